The standard InChI is InChI=1S/C36H42N2O14/c1-3-24-25-13-21(40)5-7-29(25)37-33-26(24)15-38-30(33)14-28-27(34(38)45)19-51-35(46)36(28,4-2)52-32(44)8-6-22(41)17-47-11-12-50-23(16-39)18-48-9-10-49-20-31(42)43/h5,7,13-14,23,39-40H,3-4,6,8-12,15-20H2,1-2H3,(H,42,43)/t23?,36-/m0/s1. The molecule has 52 heavy (non-hydrogen) atoms. The Bertz CT molecular complexity index is 1890. The van der Waals surface area contributed by atoms with E-state index in [0.29, 0.717) is 23.3 Å². The molecule has 1 unspecified atom stereocenters. The predicted octanol–water partition coefficient (Wildman–Crippen LogP) is 1.76. The molecular weight excluding hydrogens is 684 g/mol. The normalized spacial score (nSPS) is 16.6. The van der Waals surface area contributed by atoms with E-state index in [4.69, 9.17) is 38.5 Å². The molecule has 1 aromatic carbocycles. The van der Waals surface area contributed by atoms with Crippen LogP contribution in [0, 0.1) is 0 Å². The zero-order valence-electron chi connectivity index (χ0n) is 29.0. The lowest BCUT2D eigenvalue weighted by atomic mass is 9.85. The lowest BCUT2D eigenvalue weighted by Gasteiger charge is -2.35. The molecule has 16 heteroatoms. The molecular formula is C36H42N2O14. The summed E-state index contributed by atoms with van der Waals surface area (Å²) in [5, 5.41) is 28.9. The van der Waals surface area contributed by atoms with E-state index < -0.39 is 47.6 Å². The van der Waals surface area contributed by atoms with Crippen LogP contribution in [0.2, 0.25) is 0 Å². The third-order valence-electron chi connectivity index (χ3n) is 8.96. The van der Waals surface area contributed by atoms with Gasteiger partial charge in [0.2, 0.25) is 5.60 Å². The molecule has 16 nitrogen and oxygen atoms in total. The van der Waals surface area contributed by atoms with Gasteiger partial charge in [-0.1, -0.05) is 13.8 Å². The molecule has 0 amide bonds. The van der Waals surface area contributed by atoms with Crippen LogP contribution in [0.1, 0.15) is 55.4 Å². The van der Waals surface area contributed by atoms with E-state index in [1.807, 2.05) is 6.92 Å². The molecule has 280 valence electrons. The van der Waals surface area contributed by atoms with Crippen molar-refractivity contribution >= 4 is 34.6 Å². The Labute approximate surface area is 298 Å². The van der Waals surface area contributed by atoms with Crippen molar-refractivity contribution in [2.45, 2.75) is 64.4 Å². The number of Topliss-reactive ketones (excluding diaryl/α,β-unsaturated/α-hetero) is 1. The minimum Gasteiger partial charge on any atom is -0.508 e. The number of hydrogen-bond acceptors (Lipinski definition) is 14. The first-order valence-corrected chi connectivity index (χ1v) is 17.0. The number of aliphatic carboxylic acids is 1. The molecule has 0 saturated heterocycles. The molecule has 0 saturated carbocycles. The summed E-state index contributed by atoms with van der Waals surface area (Å²) in [4.78, 5) is 68.1. The number of aromatic hydroxyl groups is 1. The van der Waals surface area contributed by atoms with Crippen LogP contribution in [0.5, 0.6) is 5.75 Å². The van der Waals surface area contributed by atoms with E-state index in [9.17, 15) is 34.2 Å². The predicted molar refractivity (Wildman–Crippen MR) is 181 cm³/mol. The summed E-state index contributed by atoms with van der Waals surface area (Å²) in [6.07, 6.45) is -0.649. The van der Waals surface area contributed by atoms with Gasteiger partial charge in [-0.15, -0.1) is 0 Å². The number of ketones is 1. The van der Waals surface area contributed by atoms with E-state index >= 15 is 0 Å². The highest BCUT2D eigenvalue weighted by Crippen LogP contribution is 2.42. The number of benzene rings is 1. The minimum atomic E-state index is -1.91. The average Bonchev–Trinajstić information content (AvgIpc) is 3.49. The van der Waals surface area contributed by atoms with Gasteiger partial charge < -0.3 is 48.3 Å². The number of esters is 2. The SMILES string of the molecule is CCc1c2c(nc3ccc(O)cc13)-c1cc3c(c(=O)n1C2)COC(=O)[C@@]3(CC)OC(=O)CCC(=O)COCCOC(CO)COCCOCC(=O)O. The number of rotatable bonds is 20. The average molecular weight is 727 g/mol. The van der Waals surface area contributed by atoms with Gasteiger partial charge in [0, 0.05) is 22.9 Å². The van der Waals surface area contributed by atoms with Crippen molar-refractivity contribution in [3.05, 3.63) is 56.9 Å². The van der Waals surface area contributed by atoms with Gasteiger partial charge in [-0.2, -0.15) is 0 Å². The number of carboxylic acid groups (broad SMARTS) is 1. The fraction of sp³-hybridized carbons (Fsp3) is 0.500. The molecule has 4 heterocycles. The van der Waals surface area contributed by atoms with Gasteiger partial charge >= 0.3 is 17.9 Å². The Morgan fingerprint density at radius 1 is 1.00 bits per heavy atom. The van der Waals surface area contributed by atoms with E-state index in [-0.39, 0.29) is 95.5 Å². The highest BCUT2D eigenvalue weighted by molar-refractivity contribution is 5.91. The summed E-state index contributed by atoms with van der Waals surface area (Å²) in [6.45, 7) is 2.78. The van der Waals surface area contributed by atoms with Gasteiger partial charge in [0.05, 0.1) is 75.1 Å². The van der Waals surface area contributed by atoms with E-state index in [2.05, 4.69) is 0 Å². The number of ether oxygens (including phenoxy) is 6. The topological polar surface area (TPSA) is 219 Å². The molecule has 2 aliphatic heterocycles. The number of carboxylic acids is 1. The second-order valence-corrected chi connectivity index (χ2v) is 12.3. The van der Waals surface area contributed by atoms with E-state index in [1.165, 1.54) is 0 Å². The molecule has 0 fully saturated rings. The molecule has 2 aromatic heterocycles. The van der Waals surface area contributed by atoms with Crippen molar-refractivity contribution in [3.8, 4) is 17.1 Å². The number of carbonyl (C=O) groups excluding carboxylic acids is 3. The molecule has 2 atom stereocenters. The summed E-state index contributed by atoms with van der Waals surface area (Å²) in [5.41, 5.74) is 1.57. The summed E-state index contributed by atoms with van der Waals surface area (Å²) in [7, 11) is 0. The third-order valence-corrected chi connectivity index (χ3v) is 8.96. The molecule has 3 N–H and O–H groups in total. The summed E-state index contributed by atoms with van der Waals surface area (Å²) >= 11 is 0. The van der Waals surface area contributed by atoms with E-state index in [1.54, 1.807) is 35.8 Å². The van der Waals surface area contributed by atoms with Crippen LogP contribution in [0.3, 0.4) is 0 Å². The molecule has 0 aliphatic carbocycles. The Balaban J connectivity index is 1.18. The minimum absolute atomic E-state index is 0.0197. The highest BCUT2D eigenvalue weighted by Gasteiger charge is 2.50. The number of carbonyl (C=O) groups is 4. The van der Waals surface area contributed by atoms with Gasteiger partial charge in [-0.25, -0.2) is 14.6 Å². The maximum atomic E-state index is 13.9. The number of aryl methyl sites for hydroxylation is 1. The van der Waals surface area contributed by atoms with Crippen LogP contribution >= 0.6 is 0 Å². The molecule has 0 spiro atoms. The van der Waals surface area contributed by atoms with Crippen molar-refractivity contribution in [2.75, 3.05) is 52.9 Å². The highest BCUT2D eigenvalue weighted by atomic mass is 16.6. The number of pyridine rings is 2. The quantitative estimate of drug-likeness (QED) is 0.0873. The number of aliphatic hydroxyl groups is 1. The number of phenolic OH excluding ortho intramolecular Hbond substituents is 1. The number of cyclic esters (lactones) is 1. The van der Waals surface area contributed by atoms with Crippen LogP contribution < -0.4 is 5.56 Å². The van der Waals surface area contributed by atoms with Gasteiger partial charge in [0.15, 0.2) is 5.78 Å². The first-order valence-electron chi connectivity index (χ1n) is 17.0. The number of aromatic nitrogens is 2. The Morgan fingerprint density at radius 2 is 1.75 bits per heavy atom. The lowest BCUT2D eigenvalue weighted by molar-refractivity contribution is -0.189. The number of nitrogens with zero attached hydrogens (tertiary/aromatic N) is 2. The molecule has 5 rings (SSSR count). The van der Waals surface area contributed by atoms with Crippen molar-refractivity contribution in [2.24, 2.45) is 0 Å². The largest absolute Gasteiger partial charge is 0.508 e. The summed E-state index contributed by atoms with van der Waals surface area (Å²) in [5.74, 6) is -3.03. The molecule has 2 aliphatic rings. The summed E-state index contributed by atoms with van der Waals surface area (Å²) in [6, 6.07) is 6.57. The first kappa shape index (κ1) is 38.5. The zero-order chi connectivity index (χ0) is 37.4. The molecule has 3 aromatic rings. The first-order chi connectivity index (χ1) is 25.0. The van der Waals surface area contributed by atoms with Crippen LogP contribution in [-0.4, -0.2) is 108 Å². The fourth-order valence-corrected chi connectivity index (χ4v) is 6.38. The van der Waals surface area contributed by atoms with Crippen molar-refractivity contribution < 1.29 is 62.9 Å². The summed E-state index contributed by atoms with van der Waals surface area (Å²) < 4.78 is 33.7. The van der Waals surface area contributed by atoms with Crippen LogP contribution in [0.25, 0.3) is 22.3 Å². The Morgan fingerprint density at radius 3 is 2.48 bits per heavy atom. The third kappa shape index (κ3) is 8.32. The molecule has 0 radical (unpaired) electrons. The number of phenols is 1. The van der Waals surface area contributed by atoms with Crippen LogP contribution in [0.4, 0.5) is 0 Å². The van der Waals surface area contributed by atoms with Gasteiger partial charge in [-0.05, 0) is 42.7 Å². The lowest BCUT2D eigenvalue weighted by Crippen LogP contribution is -2.47. The van der Waals surface area contributed by atoms with Gasteiger partial charge in [0.1, 0.15) is 31.7 Å². The number of hydrogen-bond donors (Lipinski definition) is 3. The van der Waals surface area contributed by atoms with Gasteiger partial charge in [-0.3, -0.25) is 14.4 Å². The number of fused-ring (bicyclic) bond motifs is 5. The maximum absolute atomic E-state index is 13.9. The maximum Gasteiger partial charge on any atom is 0.355 e. The zero-order valence-corrected chi connectivity index (χ0v) is 29.0. The molecule has 0 bridgehead atoms. The monoisotopic (exact) mass is 726 g/mol. The second kappa shape index (κ2) is 17.2. The van der Waals surface area contributed by atoms with E-state index in [0.717, 1.165) is 16.5 Å². The second-order valence-electron chi connectivity index (χ2n) is 12.3. The fourth-order valence-electron chi connectivity index (χ4n) is 6.38. The Hall–Kier alpha value is -4.74. The smallest absolute Gasteiger partial charge is 0.355 e. The van der Waals surface area contributed by atoms with Crippen molar-refractivity contribution in [1.29, 1.82) is 0 Å². The van der Waals surface area contributed by atoms with Crippen molar-refractivity contribution in [3.63, 3.8) is 0 Å². The Kier molecular flexibility index (Phi) is 12.7. The van der Waals surface area contributed by atoms with Crippen molar-refractivity contribution in [1.82, 2.24) is 9.55 Å². The van der Waals surface area contributed by atoms with Crippen LogP contribution in [-0.2, 0) is 72.8 Å². The number of aliphatic hydroxyl groups excluding tert-OH is 1. The van der Waals surface area contributed by atoms with Crippen LogP contribution in [0.15, 0.2) is 29.1 Å². The van der Waals surface area contributed by atoms with Gasteiger partial charge in [0.25, 0.3) is 5.56 Å².